The van der Waals surface area contributed by atoms with Gasteiger partial charge < -0.3 is 24.6 Å². The van der Waals surface area contributed by atoms with E-state index in [9.17, 15) is 14.7 Å². The van der Waals surface area contributed by atoms with Crippen molar-refractivity contribution >= 4 is 12.1 Å². The highest BCUT2D eigenvalue weighted by atomic mass is 16.6. The number of ether oxygens (including phenoxy) is 3. The number of alkyl carbamates (subject to hydrolysis) is 1. The first-order valence-electron chi connectivity index (χ1n) is 18.8. The lowest BCUT2D eigenvalue weighted by Gasteiger charge is -2.28. The molecule has 264 valence electrons. The molecule has 0 atom stereocenters. The van der Waals surface area contributed by atoms with Crippen molar-refractivity contribution in [3.05, 3.63) is 23.3 Å². The Hall–Kier alpha value is -2.44. The van der Waals surface area contributed by atoms with Crippen molar-refractivity contribution in [3.63, 3.8) is 0 Å². The van der Waals surface area contributed by atoms with E-state index in [0.717, 1.165) is 36.8 Å². The van der Waals surface area contributed by atoms with Gasteiger partial charge in [0.25, 0.3) is 0 Å². The first-order chi connectivity index (χ1) is 22.1. The van der Waals surface area contributed by atoms with Crippen LogP contribution in [0.1, 0.15) is 174 Å². The Kier molecular flexibility index (Phi) is 19.2. The fourth-order valence-electron chi connectivity index (χ4n) is 6.31. The molecule has 0 aromatic heterocycles. The average Bonchev–Trinajstić information content (AvgIpc) is 3.39. The number of rotatable bonds is 26. The SMILES string of the molecule is CCCCCCCCCCCCOc1ccc(OCCCCCCCCCCCC)c2c1CC(NC(=O)OC(C)(C)C)(C(=O)O)C2. The zero-order valence-electron chi connectivity index (χ0n) is 30.1. The van der Waals surface area contributed by atoms with Gasteiger partial charge in [-0.1, -0.05) is 129 Å². The molecular formula is C39H67NO6. The third-order valence-electron chi connectivity index (χ3n) is 8.96. The van der Waals surface area contributed by atoms with Gasteiger partial charge in [0.1, 0.15) is 22.6 Å². The van der Waals surface area contributed by atoms with Gasteiger partial charge in [-0.3, -0.25) is 0 Å². The second-order valence-electron chi connectivity index (χ2n) is 14.4. The van der Waals surface area contributed by atoms with Crippen LogP contribution in [0.2, 0.25) is 0 Å². The molecular weight excluding hydrogens is 578 g/mol. The zero-order chi connectivity index (χ0) is 33.7. The maximum atomic E-state index is 12.8. The summed E-state index contributed by atoms with van der Waals surface area (Å²) in [6.45, 7) is 11.0. The summed E-state index contributed by atoms with van der Waals surface area (Å²) in [6.07, 6.45) is 24.6. The van der Waals surface area contributed by atoms with Gasteiger partial charge in [0.2, 0.25) is 0 Å². The van der Waals surface area contributed by atoms with Gasteiger partial charge in [-0.2, -0.15) is 0 Å². The van der Waals surface area contributed by atoms with Crippen molar-refractivity contribution < 1.29 is 28.9 Å². The molecule has 0 fully saturated rings. The number of fused-ring (bicyclic) bond motifs is 1. The molecule has 0 aliphatic heterocycles. The molecule has 0 saturated carbocycles. The van der Waals surface area contributed by atoms with Crippen molar-refractivity contribution in [2.75, 3.05) is 13.2 Å². The number of hydrogen-bond acceptors (Lipinski definition) is 5. The summed E-state index contributed by atoms with van der Waals surface area (Å²) < 4.78 is 18.0. The van der Waals surface area contributed by atoms with Crippen LogP contribution < -0.4 is 14.8 Å². The zero-order valence-corrected chi connectivity index (χ0v) is 30.1. The van der Waals surface area contributed by atoms with E-state index in [2.05, 4.69) is 19.2 Å². The summed E-state index contributed by atoms with van der Waals surface area (Å²) in [5.41, 5.74) is -0.629. The van der Waals surface area contributed by atoms with Gasteiger partial charge in [0.15, 0.2) is 0 Å². The van der Waals surface area contributed by atoms with Crippen LogP contribution >= 0.6 is 0 Å². The van der Waals surface area contributed by atoms with Crippen LogP contribution in [0.3, 0.4) is 0 Å². The Bertz CT molecular complexity index is 946. The van der Waals surface area contributed by atoms with Crippen LogP contribution in [0.15, 0.2) is 12.1 Å². The summed E-state index contributed by atoms with van der Waals surface area (Å²) in [7, 11) is 0. The molecule has 1 aliphatic carbocycles. The highest BCUT2D eigenvalue weighted by Gasteiger charge is 2.48. The van der Waals surface area contributed by atoms with E-state index < -0.39 is 23.2 Å². The predicted molar refractivity (Wildman–Crippen MR) is 188 cm³/mol. The summed E-state index contributed by atoms with van der Waals surface area (Å²) >= 11 is 0. The lowest BCUT2D eigenvalue weighted by Crippen LogP contribution is -2.56. The van der Waals surface area contributed by atoms with E-state index in [1.807, 2.05) is 12.1 Å². The normalized spacial score (nSPS) is 13.8. The van der Waals surface area contributed by atoms with Crippen LogP contribution in [0, 0.1) is 0 Å². The Balaban J connectivity index is 1.95. The van der Waals surface area contributed by atoms with Crippen LogP contribution in [-0.2, 0) is 22.4 Å². The van der Waals surface area contributed by atoms with E-state index in [4.69, 9.17) is 14.2 Å². The van der Waals surface area contributed by atoms with E-state index in [1.165, 1.54) is 103 Å². The monoisotopic (exact) mass is 645 g/mol. The van der Waals surface area contributed by atoms with Crippen LogP contribution in [-0.4, -0.2) is 41.5 Å². The van der Waals surface area contributed by atoms with Gasteiger partial charge in [-0.05, 0) is 45.7 Å². The number of carbonyl (C=O) groups excluding carboxylic acids is 1. The molecule has 1 aromatic rings. The van der Waals surface area contributed by atoms with Crippen LogP contribution in [0.4, 0.5) is 4.79 Å². The van der Waals surface area contributed by atoms with Crippen molar-refractivity contribution in [1.82, 2.24) is 5.32 Å². The molecule has 0 unspecified atom stereocenters. The number of carboxylic acids is 1. The Morgan fingerprint density at radius 1 is 0.652 bits per heavy atom. The highest BCUT2D eigenvalue weighted by Crippen LogP contribution is 2.42. The highest BCUT2D eigenvalue weighted by molar-refractivity contribution is 5.87. The number of aliphatic carboxylic acids is 1. The largest absolute Gasteiger partial charge is 0.493 e. The van der Waals surface area contributed by atoms with Gasteiger partial charge in [0.05, 0.1) is 13.2 Å². The summed E-state index contributed by atoms with van der Waals surface area (Å²) in [5, 5.41) is 13.1. The molecule has 2 N–H and O–H groups in total. The van der Waals surface area contributed by atoms with Crippen LogP contribution in [0.5, 0.6) is 11.5 Å². The van der Waals surface area contributed by atoms with E-state index in [-0.39, 0.29) is 12.8 Å². The molecule has 1 amide bonds. The first kappa shape index (κ1) is 39.7. The topological polar surface area (TPSA) is 94.1 Å². The molecule has 7 nitrogen and oxygen atoms in total. The third-order valence-corrected chi connectivity index (χ3v) is 8.96. The molecule has 0 saturated heterocycles. The lowest BCUT2D eigenvalue weighted by molar-refractivity contribution is -0.144. The molecule has 1 aliphatic rings. The standard InChI is InChI=1S/C39H67NO6/c1-6-8-10-12-14-16-18-20-22-24-28-44-34-26-27-35(45-29-25-23-21-19-17-15-13-11-9-7-2)33-31-39(36(41)42,30-32(33)34)40-37(43)46-38(3,4)5/h26-27H,6-25,28-31H2,1-5H3,(H,40,43)(H,41,42). The maximum absolute atomic E-state index is 12.8. The molecule has 7 heteroatoms. The van der Waals surface area contributed by atoms with Crippen molar-refractivity contribution in [1.29, 1.82) is 0 Å². The van der Waals surface area contributed by atoms with Crippen molar-refractivity contribution in [3.8, 4) is 11.5 Å². The predicted octanol–water partition coefficient (Wildman–Crippen LogP) is 10.7. The number of unbranched alkanes of at least 4 members (excludes halogenated alkanes) is 18. The van der Waals surface area contributed by atoms with E-state index in [1.54, 1.807) is 20.8 Å². The molecule has 1 aromatic carbocycles. The van der Waals surface area contributed by atoms with Gasteiger partial charge >= 0.3 is 12.1 Å². The average molecular weight is 646 g/mol. The van der Waals surface area contributed by atoms with Gasteiger partial charge in [-0.25, -0.2) is 9.59 Å². The second-order valence-corrected chi connectivity index (χ2v) is 14.4. The summed E-state index contributed by atoms with van der Waals surface area (Å²) in [5.74, 6) is 0.286. The van der Waals surface area contributed by atoms with Crippen LogP contribution in [0.25, 0.3) is 0 Å². The quantitative estimate of drug-likeness (QED) is 0.0974. The lowest BCUT2D eigenvalue weighted by atomic mass is 9.96. The Morgan fingerprint density at radius 2 is 1.00 bits per heavy atom. The van der Waals surface area contributed by atoms with Crippen molar-refractivity contribution in [2.45, 2.75) is 187 Å². The van der Waals surface area contributed by atoms with Gasteiger partial charge in [0, 0.05) is 24.0 Å². The fourth-order valence-corrected chi connectivity index (χ4v) is 6.31. The minimum atomic E-state index is -1.52. The molecule has 0 heterocycles. The van der Waals surface area contributed by atoms with Crippen molar-refractivity contribution in [2.24, 2.45) is 0 Å². The Labute approximate surface area is 280 Å². The minimum absolute atomic E-state index is 0.125. The third kappa shape index (κ3) is 15.4. The Morgan fingerprint density at radius 3 is 1.33 bits per heavy atom. The van der Waals surface area contributed by atoms with Gasteiger partial charge in [-0.15, -0.1) is 0 Å². The number of hydrogen-bond donors (Lipinski definition) is 2. The molecule has 46 heavy (non-hydrogen) atoms. The smallest absolute Gasteiger partial charge is 0.408 e. The number of carboxylic acid groups (broad SMARTS) is 1. The first-order valence-corrected chi connectivity index (χ1v) is 18.8. The fraction of sp³-hybridized carbons (Fsp3) is 0.795. The molecule has 0 spiro atoms. The molecule has 2 rings (SSSR count). The number of nitrogens with one attached hydrogen (secondary N) is 1. The second kappa shape index (κ2) is 22.2. The minimum Gasteiger partial charge on any atom is -0.493 e. The van der Waals surface area contributed by atoms with E-state index in [0.29, 0.717) is 24.7 Å². The number of benzene rings is 1. The molecule has 0 bridgehead atoms. The summed E-state index contributed by atoms with van der Waals surface area (Å²) in [6, 6.07) is 3.82. The number of amides is 1. The number of carbonyl (C=O) groups is 2. The van der Waals surface area contributed by atoms with E-state index >= 15 is 0 Å². The molecule has 0 radical (unpaired) electrons. The summed E-state index contributed by atoms with van der Waals surface area (Å²) in [4.78, 5) is 25.4. The maximum Gasteiger partial charge on any atom is 0.408 e.